The van der Waals surface area contributed by atoms with Gasteiger partial charge in [-0.3, -0.25) is 0 Å². The minimum Gasteiger partial charge on any atom is -0.423 e. The molecule has 3 heterocycles. The Morgan fingerprint density at radius 3 is 2.87 bits per heavy atom. The van der Waals surface area contributed by atoms with Crippen LogP contribution in [-0.4, -0.2) is 43.5 Å². The Bertz CT molecular complexity index is 1260. The van der Waals surface area contributed by atoms with E-state index in [1.807, 2.05) is 12.1 Å². The van der Waals surface area contributed by atoms with E-state index in [9.17, 15) is 14.4 Å². The van der Waals surface area contributed by atoms with Crippen LogP contribution in [0.1, 0.15) is 17.7 Å². The number of hydrogen-bond donors (Lipinski definition) is 4. The Hall–Kier alpha value is -3.50. The van der Waals surface area contributed by atoms with Crippen LogP contribution in [-0.2, 0) is 13.0 Å². The molecule has 4 N–H and O–H groups in total. The second-order valence-corrected chi connectivity index (χ2v) is 7.42. The zero-order chi connectivity index (χ0) is 21.4. The Balaban J connectivity index is 1.56. The van der Waals surface area contributed by atoms with E-state index < -0.39 is 7.12 Å². The van der Waals surface area contributed by atoms with Crippen molar-refractivity contribution in [2.45, 2.75) is 19.4 Å². The average Bonchev–Trinajstić information content (AvgIpc) is 3.21. The minimum absolute atomic E-state index is 0.285. The van der Waals surface area contributed by atoms with Gasteiger partial charge >= 0.3 is 7.12 Å². The summed E-state index contributed by atoms with van der Waals surface area (Å²) in [7, 11) is -1.60. The summed E-state index contributed by atoms with van der Waals surface area (Å²) < 4.78 is 15.1. The lowest BCUT2D eigenvalue weighted by Crippen LogP contribution is -2.30. The van der Waals surface area contributed by atoms with Crippen molar-refractivity contribution in [3.8, 4) is 5.95 Å². The van der Waals surface area contributed by atoms with E-state index in [1.165, 1.54) is 12.1 Å². The van der Waals surface area contributed by atoms with Crippen molar-refractivity contribution in [1.82, 2.24) is 19.7 Å². The zero-order valence-electron chi connectivity index (χ0n) is 16.6. The monoisotopic (exact) mass is 418 g/mol. The van der Waals surface area contributed by atoms with Crippen molar-refractivity contribution >= 4 is 35.0 Å². The van der Waals surface area contributed by atoms with E-state index in [0.29, 0.717) is 34.7 Å². The number of nitrogens with zero attached hydrogens (tertiary/aromatic N) is 4. The van der Waals surface area contributed by atoms with Crippen LogP contribution >= 0.6 is 0 Å². The maximum atomic E-state index is 13.5. The van der Waals surface area contributed by atoms with Gasteiger partial charge in [-0.25, -0.2) is 9.37 Å². The van der Waals surface area contributed by atoms with Crippen LogP contribution in [0.3, 0.4) is 0 Å². The number of nitrogens with one attached hydrogen (secondary N) is 2. The molecular formula is C21H20BFN6O2. The normalized spacial score (nSPS) is 13.0. The topological polar surface area (TPSA) is 108 Å². The molecule has 5 rings (SSSR count). The molecule has 0 atom stereocenters. The Morgan fingerprint density at radius 2 is 2.03 bits per heavy atom. The number of fused-ring (bicyclic) bond motifs is 2. The first-order valence-corrected chi connectivity index (χ1v) is 10.1. The summed E-state index contributed by atoms with van der Waals surface area (Å²) in [4.78, 5) is 9.40. The van der Waals surface area contributed by atoms with E-state index in [-0.39, 0.29) is 5.82 Å². The largest absolute Gasteiger partial charge is 0.489 e. The molecule has 0 fully saturated rings. The van der Waals surface area contributed by atoms with Crippen LogP contribution < -0.4 is 16.1 Å². The van der Waals surface area contributed by atoms with Crippen molar-refractivity contribution < 1.29 is 14.4 Å². The molecule has 0 saturated carbocycles. The third-order valence-electron chi connectivity index (χ3n) is 5.33. The maximum Gasteiger partial charge on any atom is 0.489 e. The van der Waals surface area contributed by atoms with Gasteiger partial charge in [-0.2, -0.15) is 14.8 Å². The third kappa shape index (κ3) is 3.71. The summed E-state index contributed by atoms with van der Waals surface area (Å²) in [6.45, 7) is 1.23. The SMILES string of the molecule is OB(O)c1cccc2c1cnn2-c1nc2c(c(NCc3cccc(F)c3)n1)NCCC2. The number of anilines is 2. The van der Waals surface area contributed by atoms with Gasteiger partial charge in [0.2, 0.25) is 0 Å². The molecule has 156 valence electrons. The van der Waals surface area contributed by atoms with Gasteiger partial charge in [-0.05, 0) is 42.1 Å². The van der Waals surface area contributed by atoms with Crippen molar-refractivity contribution in [3.63, 3.8) is 0 Å². The summed E-state index contributed by atoms with van der Waals surface area (Å²) in [5.74, 6) is 0.711. The third-order valence-corrected chi connectivity index (χ3v) is 5.33. The quantitative estimate of drug-likeness (QED) is 0.365. The number of aryl methyl sites for hydroxylation is 1. The Labute approximate surface area is 177 Å². The standard InChI is InChI=1S/C21H20BFN6O2/c23-14-5-1-4-13(10-14)11-25-20-19-17(7-3-9-24-19)27-21(28-20)29-18-8-2-6-16(22(30)31)15(18)12-26-29/h1-2,4-6,8,10,12,24,30-31H,3,7,9,11H2,(H,25,27,28). The van der Waals surface area contributed by atoms with E-state index in [0.717, 1.165) is 36.3 Å². The number of benzene rings is 2. The van der Waals surface area contributed by atoms with Crippen LogP contribution in [0.15, 0.2) is 48.7 Å². The second-order valence-electron chi connectivity index (χ2n) is 7.42. The minimum atomic E-state index is -1.60. The molecule has 31 heavy (non-hydrogen) atoms. The molecule has 0 unspecified atom stereocenters. The van der Waals surface area contributed by atoms with Crippen LogP contribution in [0.25, 0.3) is 16.9 Å². The highest BCUT2D eigenvalue weighted by Crippen LogP contribution is 2.29. The molecule has 0 radical (unpaired) electrons. The summed E-state index contributed by atoms with van der Waals surface area (Å²) >= 11 is 0. The van der Waals surface area contributed by atoms with Gasteiger partial charge in [-0.15, -0.1) is 0 Å². The fourth-order valence-corrected chi connectivity index (χ4v) is 3.84. The van der Waals surface area contributed by atoms with Crippen LogP contribution in [0.4, 0.5) is 15.9 Å². The first-order valence-electron chi connectivity index (χ1n) is 10.1. The zero-order valence-corrected chi connectivity index (χ0v) is 16.6. The highest BCUT2D eigenvalue weighted by Gasteiger charge is 2.21. The van der Waals surface area contributed by atoms with Crippen molar-refractivity contribution in [2.24, 2.45) is 0 Å². The van der Waals surface area contributed by atoms with Crippen molar-refractivity contribution in [3.05, 3.63) is 65.7 Å². The first kappa shape index (κ1) is 19.5. The number of aromatic nitrogens is 4. The molecule has 0 amide bonds. The molecule has 0 saturated heterocycles. The lowest BCUT2D eigenvalue weighted by Gasteiger charge is -2.21. The maximum absolute atomic E-state index is 13.5. The molecular weight excluding hydrogens is 398 g/mol. The predicted octanol–water partition coefficient (Wildman–Crippen LogP) is 1.60. The van der Waals surface area contributed by atoms with Gasteiger partial charge in [0, 0.05) is 18.5 Å². The van der Waals surface area contributed by atoms with Gasteiger partial charge in [0.1, 0.15) is 5.82 Å². The van der Waals surface area contributed by atoms with Gasteiger partial charge in [0.25, 0.3) is 5.95 Å². The molecule has 1 aliphatic rings. The molecule has 0 aliphatic carbocycles. The summed E-state index contributed by atoms with van der Waals surface area (Å²) in [5, 5.41) is 31.0. The average molecular weight is 418 g/mol. The molecule has 2 aromatic heterocycles. The van der Waals surface area contributed by atoms with E-state index in [1.54, 1.807) is 29.1 Å². The Kier molecular flexibility index (Phi) is 5.01. The fraction of sp³-hybridized carbons (Fsp3) is 0.190. The second kappa shape index (κ2) is 7.97. The molecule has 4 aromatic rings. The van der Waals surface area contributed by atoms with Crippen molar-refractivity contribution in [2.75, 3.05) is 17.2 Å². The number of hydrogen-bond acceptors (Lipinski definition) is 7. The van der Waals surface area contributed by atoms with Crippen LogP contribution in [0.5, 0.6) is 0 Å². The van der Waals surface area contributed by atoms with Crippen LogP contribution in [0, 0.1) is 5.82 Å². The Morgan fingerprint density at radius 1 is 1.16 bits per heavy atom. The molecule has 2 aromatic carbocycles. The highest BCUT2D eigenvalue weighted by molar-refractivity contribution is 6.61. The molecule has 0 spiro atoms. The van der Waals surface area contributed by atoms with Crippen LogP contribution in [0.2, 0.25) is 0 Å². The first-order chi connectivity index (χ1) is 15.1. The van der Waals surface area contributed by atoms with E-state index in [2.05, 4.69) is 20.7 Å². The lowest BCUT2D eigenvalue weighted by molar-refractivity contribution is 0.426. The molecule has 8 nitrogen and oxygen atoms in total. The van der Waals surface area contributed by atoms with Gasteiger partial charge < -0.3 is 20.7 Å². The summed E-state index contributed by atoms with van der Waals surface area (Å²) in [6.07, 6.45) is 3.32. The van der Waals surface area contributed by atoms with Gasteiger partial charge in [-0.1, -0.05) is 24.3 Å². The van der Waals surface area contributed by atoms with Gasteiger partial charge in [0.15, 0.2) is 5.82 Å². The lowest BCUT2D eigenvalue weighted by atomic mass is 9.78. The highest BCUT2D eigenvalue weighted by atomic mass is 19.1. The smallest absolute Gasteiger partial charge is 0.423 e. The van der Waals surface area contributed by atoms with E-state index >= 15 is 0 Å². The number of halogens is 1. The summed E-state index contributed by atoms with van der Waals surface area (Å²) in [6, 6.07) is 11.6. The number of rotatable bonds is 5. The van der Waals surface area contributed by atoms with Gasteiger partial charge in [0.05, 0.1) is 23.1 Å². The molecule has 10 heteroatoms. The summed E-state index contributed by atoms with van der Waals surface area (Å²) in [5.41, 5.74) is 3.56. The van der Waals surface area contributed by atoms with E-state index in [4.69, 9.17) is 4.98 Å². The predicted molar refractivity (Wildman–Crippen MR) is 117 cm³/mol. The fourth-order valence-electron chi connectivity index (χ4n) is 3.84. The van der Waals surface area contributed by atoms with Crippen molar-refractivity contribution in [1.29, 1.82) is 0 Å². The molecule has 1 aliphatic heterocycles. The molecule has 0 bridgehead atoms.